The van der Waals surface area contributed by atoms with E-state index in [-0.39, 0.29) is 28.8 Å². The summed E-state index contributed by atoms with van der Waals surface area (Å²) in [5.41, 5.74) is -0.948. The van der Waals surface area contributed by atoms with Crippen molar-refractivity contribution in [2.45, 2.75) is 19.3 Å². The lowest BCUT2D eigenvalue weighted by Crippen LogP contribution is -2.31. The van der Waals surface area contributed by atoms with Crippen LogP contribution in [0.3, 0.4) is 0 Å². The first kappa shape index (κ1) is 13.5. The number of carbonyl (C=O) groups excluding carboxylic acids is 1. The molecule has 1 atom stereocenters. The largest absolute Gasteiger partial charge is 0.351 e. The lowest BCUT2D eigenvalue weighted by atomic mass is 10.1. The molecule has 1 aliphatic rings. The van der Waals surface area contributed by atoms with Crippen molar-refractivity contribution in [3.05, 3.63) is 28.0 Å². The summed E-state index contributed by atoms with van der Waals surface area (Å²) < 4.78 is 25.9. The van der Waals surface area contributed by atoms with Crippen LogP contribution in [0, 0.1) is 5.41 Å². The minimum absolute atomic E-state index is 0.0793. The number of halogens is 4. The summed E-state index contributed by atoms with van der Waals surface area (Å²) in [7, 11) is 0. The summed E-state index contributed by atoms with van der Waals surface area (Å²) in [6.45, 7) is 1.34. The topological polar surface area (TPSA) is 42.0 Å². The Hall–Kier alpha value is -0.940. The highest BCUT2D eigenvalue weighted by atomic mass is 35.5. The maximum absolute atomic E-state index is 13.0. The SMILES string of the molecule is CC1(CNC(=O)c2cc(Cl)nc(Cl)c2)CC1(F)F. The Labute approximate surface area is 112 Å². The van der Waals surface area contributed by atoms with Gasteiger partial charge in [-0.05, 0) is 12.1 Å². The zero-order chi connectivity index (χ0) is 13.6. The highest BCUT2D eigenvalue weighted by molar-refractivity contribution is 6.33. The van der Waals surface area contributed by atoms with Gasteiger partial charge in [-0.25, -0.2) is 13.8 Å². The summed E-state index contributed by atoms with van der Waals surface area (Å²) in [4.78, 5) is 15.4. The summed E-state index contributed by atoms with van der Waals surface area (Å²) >= 11 is 11.3. The molecule has 0 bridgehead atoms. The van der Waals surface area contributed by atoms with Crippen molar-refractivity contribution >= 4 is 29.1 Å². The van der Waals surface area contributed by atoms with Crippen LogP contribution < -0.4 is 5.32 Å². The minimum Gasteiger partial charge on any atom is -0.351 e. The van der Waals surface area contributed by atoms with Gasteiger partial charge in [0.25, 0.3) is 11.8 Å². The number of aromatic nitrogens is 1. The van der Waals surface area contributed by atoms with Gasteiger partial charge in [0.1, 0.15) is 10.3 Å². The standard InChI is InChI=1S/C11H10Cl2F2N2O/c1-10(4-11(10,14)15)5-16-9(18)6-2-7(12)17-8(13)3-6/h2-3H,4-5H2,1H3,(H,16,18). The first-order valence-electron chi connectivity index (χ1n) is 5.23. The third-order valence-corrected chi connectivity index (χ3v) is 3.42. The van der Waals surface area contributed by atoms with Gasteiger partial charge >= 0.3 is 0 Å². The lowest BCUT2D eigenvalue weighted by molar-refractivity contribution is 0.0676. The maximum Gasteiger partial charge on any atom is 0.256 e. The predicted molar refractivity (Wildman–Crippen MR) is 64.3 cm³/mol. The summed E-state index contributed by atoms with van der Waals surface area (Å²) in [6, 6.07) is 2.66. The second kappa shape index (κ2) is 4.31. The van der Waals surface area contributed by atoms with Gasteiger partial charge in [-0.2, -0.15) is 0 Å². The third kappa shape index (κ3) is 2.57. The Morgan fingerprint density at radius 2 is 1.94 bits per heavy atom. The van der Waals surface area contributed by atoms with E-state index in [1.165, 1.54) is 19.1 Å². The number of rotatable bonds is 3. The Kier molecular flexibility index (Phi) is 3.23. The highest BCUT2D eigenvalue weighted by Crippen LogP contribution is 2.59. The van der Waals surface area contributed by atoms with E-state index < -0.39 is 17.2 Å². The summed E-state index contributed by atoms with van der Waals surface area (Å²) in [6.07, 6.45) is -0.210. The molecule has 0 spiro atoms. The summed E-state index contributed by atoms with van der Waals surface area (Å²) in [5, 5.41) is 2.61. The van der Waals surface area contributed by atoms with E-state index in [0.717, 1.165) is 0 Å². The molecule has 98 valence electrons. The van der Waals surface area contributed by atoms with E-state index in [0.29, 0.717) is 0 Å². The van der Waals surface area contributed by atoms with E-state index in [1.54, 1.807) is 0 Å². The Morgan fingerprint density at radius 1 is 1.44 bits per heavy atom. The highest BCUT2D eigenvalue weighted by Gasteiger charge is 2.67. The van der Waals surface area contributed by atoms with E-state index >= 15 is 0 Å². The fraction of sp³-hybridized carbons (Fsp3) is 0.455. The van der Waals surface area contributed by atoms with E-state index in [2.05, 4.69) is 10.3 Å². The van der Waals surface area contributed by atoms with Crippen molar-refractivity contribution in [2.24, 2.45) is 5.41 Å². The zero-order valence-corrected chi connectivity index (χ0v) is 10.9. The van der Waals surface area contributed by atoms with Crippen LogP contribution in [0.25, 0.3) is 0 Å². The lowest BCUT2D eigenvalue weighted by Gasteiger charge is -2.11. The fourth-order valence-corrected chi connectivity index (χ4v) is 2.07. The number of amides is 1. The smallest absolute Gasteiger partial charge is 0.256 e. The molecule has 2 rings (SSSR count). The minimum atomic E-state index is -2.70. The molecule has 1 fully saturated rings. The molecular formula is C11H10Cl2F2N2O. The van der Waals surface area contributed by atoms with Gasteiger partial charge in [-0.15, -0.1) is 0 Å². The second-order valence-electron chi connectivity index (χ2n) is 4.63. The van der Waals surface area contributed by atoms with Crippen LogP contribution in [-0.2, 0) is 0 Å². The van der Waals surface area contributed by atoms with Crippen LogP contribution in [0.5, 0.6) is 0 Å². The van der Waals surface area contributed by atoms with Gasteiger partial charge < -0.3 is 5.32 Å². The number of alkyl halides is 2. The first-order chi connectivity index (χ1) is 8.23. The van der Waals surface area contributed by atoms with Crippen molar-refractivity contribution in [3.8, 4) is 0 Å². The van der Waals surface area contributed by atoms with E-state index in [4.69, 9.17) is 23.2 Å². The normalized spacial score (nSPS) is 24.7. The van der Waals surface area contributed by atoms with E-state index in [9.17, 15) is 13.6 Å². The van der Waals surface area contributed by atoms with E-state index in [1.807, 2.05) is 0 Å². The molecule has 1 amide bonds. The molecule has 1 unspecified atom stereocenters. The van der Waals surface area contributed by atoms with Crippen molar-refractivity contribution in [1.29, 1.82) is 0 Å². The Balaban J connectivity index is 2.01. The van der Waals surface area contributed by atoms with Crippen molar-refractivity contribution in [3.63, 3.8) is 0 Å². The van der Waals surface area contributed by atoms with Crippen molar-refractivity contribution in [2.75, 3.05) is 6.54 Å². The van der Waals surface area contributed by atoms with Gasteiger partial charge in [0.05, 0.1) is 5.41 Å². The quantitative estimate of drug-likeness (QED) is 0.870. The average molecular weight is 295 g/mol. The van der Waals surface area contributed by atoms with Gasteiger partial charge in [-0.1, -0.05) is 30.1 Å². The average Bonchev–Trinajstić information content (AvgIpc) is 2.73. The molecule has 18 heavy (non-hydrogen) atoms. The zero-order valence-electron chi connectivity index (χ0n) is 9.44. The number of hydrogen-bond acceptors (Lipinski definition) is 2. The molecule has 0 aromatic carbocycles. The van der Waals surface area contributed by atoms with Crippen LogP contribution in [0.2, 0.25) is 10.3 Å². The Morgan fingerprint density at radius 3 is 2.39 bits per heavy atom. The molecule has 1 saturated carbocycles. The van der Waals surface area contributed by atoms with Gasteiger partial charge in [0, 0.05) is 18.5 Å². The number of nitrogens with one attached hydrogen (secondary N) is 1. The number of hydrogen-bond donors (Lipinski definition) is 1. The van der Waals surface area contributed by atoms with Gasteiger partial charge in [-0.3, -0.25) is 4.79 Å². The fourth-order valence-electron chi connectivity index (χ4n) is 1.61. The van der Waals surface area contributed by atoms with Crippen LogP contribution >= 0.6 is 23.2 Å². The molecule has 0 radical (unpaired) electrons. The number of nitrogens with zero attached hydrogens (tertiary/aromatic N) is 1. The second-order valence-corrected chi connectivity index (χ2v) is 5.40. The van der Waals surface area contributed by atoms with Gasteiger partial charge in [0.15, 0.2) is 0 Å². The molecule has 1 aliphatic carbocycles. The molecule has 1 aromatic rings. The van der Waals surface area contributed by atoms with Crippen LogP contribution in [0.1, 0.15) is 23.7 Å². The maximum atomic E-state index is 13.0. The van der Waals surface area contributed by atoms with Crippen LogP contribution in [0.15, 0.2) is 12.1 Å². The van der Waals surface area contributed by atoms with Crippen molar-refractivity contribution in [1.82, 2.24) is 10.3 Å². The monoisotopic (exact) mass is 294 g/mol. The Bertz CT molecular complexity index is 490. The molecule has 7 heteroatoms. The molecule has 3 nitrogen and oxygen atoms in total. The number of carbonyl (C=O) groups is 1. The van der Waals surface area contributed by atoms with Crippen LogP contribution in [0.4, 0.5) is 8.78 Å². The third-order valence-electron chi connectivity index (χ3n) is 3.03. The van der Waals surface area contributed by atoms with Gasteiger partial charge in [0.2, 0.25) is 0 Å². The number of pyridine rings is 1. The first-order valence-corrected chi connectivity index (χ1v) is 5.98. The molecular weight excluding hydrogens is 285 g/mol. The molecule has 1 N–H and O–H groups in total. The molecule has 1 heterocycles. The van der Waals surface area contributed by atoms with Crippen molar-refractivity contribution < 1.29 is 13.6 Å². The predicted octanol–water partition coefficient (Wildman–Crippen LogP) is 3.16. The van der Waals surface area contributed by atoms with Crippen LogP contribution in [-0.4, -0.2) is 23.4 Å². The molecule has 0 saturated heterocycles. The summed E-state index contributed by atoms with van der Waals surface area (Å²) in [5.74, 6) is -3.20. The molecule has 0 aliphatic heterocycles. The molecule has 1 aromatic heterocycles.